The number of carbonyl (C=O) groups is 1. The molecule has 0 aliphatic carbocycles. The van der Waals surface area contributed by atoms with Gasteiger partial charge < -0.3 is 29.6 Å². The number of phosphoric ester groups is 1. The van der Waals surface area contributed by atoms with Crippen molar-refractivity contribution in [3.8, 4) is 0 Å². The maximum Gasteiger partial charge on any atom is 0.481 e. The molecule has 3 heterocycles. The Balaban J connectivity index is 1.66. The van der Waals surface area contributed by atoms with Crippen molar-refractivity contribution in [3.63, 3.8) is 0 Å². The molecular formula is C10H14N4O11P2. The fraction of sp³-hybridized carbons (Fsp3) is 0.600. The lowest BCUT2D eigenvalue weighted by atomic mass is 10.1. The third-order valence-electron chi connectivity index (χ3n) is 3.68. The molecule has 0 saturated carbocycles. The minimum absolute atomic E-state index is 0.102. The molecular weight excluding hydrogens is 414 g/mol. The molecule has 3 rings (SSSR count). The molecule has 5 N–H and O–H groups in total. The largest absolute Gasteiger partial charge is 0.481 e. The van der Waals surface area contributed by atoms with E-state index >= 15 is 0 Å². The first kappa shape index (κ1) is 20.4. The smallest absolute Gasteiger partial charge is 0.387 e. The van der Waals surface area contributed by atoms with Crippen molar-refractivity contribution in [2.24, 2.45) is 15.0 Å². The molecule has 15 nitrogen and oxygen atoms in total. The Bertz CT molecular complexity index is 809. The molecule has 0 spiro atoms. The number of ether oxygens (including phenoxy) is 1. The number of hydrogen-bond donors (Lipinski definition) is 5. The number of aliphatic hydroxyl groups is 2. The number of fused-ring (bicyclic) bond motifs is 1. The van der Waals surface area contributed by atoms with Gasteiger partial charge in [0.1, 0.15) is 30.5 Å². The van der Waals surface area contributed by atoms with Crippen LogP contribution >= 0.6 is 15.6 Å². The third kappa shape index (κ3) is 4.38. The summed E-state index contributed by atoms with van der Waals surface area (Å²) >= 11 is 0. The summed E-state index contributed by atoms with van der Waals surface area (Å²) in [4.78, 5) is 50.4. The number of rotatable bonds is 6. The summed E-state index contributed by atoms with van der Waals surface area (Å²) in [5.41, 5.74) is 0. The molecule has 17 heteroatoms. The molecule has 1 fully saturated rings. The predicted octanol–water partition coefficient (Wildman–Crippen LogP) is -2.66. The van der Waals surface area contributed by atoms with E-state index in [-0.39, 0.29) is 5.84 Å². The fourth-order valence-electron chi connectivity index (χ4n) is 2.55. The van der Waals surface area contributed by atoms with E-state index in [1.165, 1.54) is 4.90 Å². The van der Waals surface area contributed by atoms with Crippen LogP contribution in [0.3, 0.4) is 0 Å². The summed E-state index contributed by atoms with van der Waals surface area (Å²) in [7, 11) is -10.5. The van der Waals surface area contributed by atoms with E-state index < -0.39 is 58.7 Å². The van der Waals surface area contributed by atoms with Crippen molar-refractivity contribution in [3.05, 3.63) is 0 Å². The number of hydrogen-bond acceptors (Lipinski definition) is 11. The van der Waals surface area contributed by atoms with Gasteiger partial charge in [0.25, 0.3) is 5.91 Å². The molecule has 0 aromatic carbocycles. The van der Waals surface area contributed by atoms with Crippen LogP contribution in [-0.2, 0) is 27.5 Å². The summed E-state index contributed by atoms with van der Waals surface area (Å²) < 4.78 is 35.4. The second-order valence-corrected chi connectivity index (χ2v) is 8.36. The predicted molar refractivity (Wildman–Crippen MR) is 84.6 cm³/mol. The molecule has 27 heavy (non-hydrogen) atoms. The van der Waals surface area contributed by atoms with Crippen LogP contribution in [0.5, 0.6) is 0 Å². The van der Waals surface area contributed by atoms with Gasteiger partial charge in [0.2, 0.25) is 0 Å². The van der Waals surface area contributed by atoms with Crippen molar-refractivity contribution in [1.82, 2.24) is 4.90 Å². The summed E-state index contributed by atoms with van der Waals surface area (Å²) in [6.45, 7) is -0.843. The van der Waals surface area contributed by atoms with Gasteiger partial charge in [-0.3, -0.25) is 19.2 Å². The first-order chi connectivity index (χ1) is 12.5. The average molecular weight is 428 g/mol. The van der Waals surface area contributed by atoms with Crippen LogP contribution in [0.1, 0.15) is 0 Å². The molecule has 0 aromatic heterocycles. The summed E-state index contributed by atoms with van der Waals surface area (Å²) in [6, 6.07) is -1.01. The van der Waals surface area contributed by atoms with E-state index in [4.69, 9.17) is 14.5 Å². The zero-order chi connectivity index (χ0) is 20.0. The lowest BCUT2D eigenvalue weighted by Gasteiger charge is -2.26. The third-order valence-corrected chi connectivity index (χ3v) is 5.83. The minimum Gasteiger partial charge on any atom is -0.387 e. The van der Waals surface area contributed by atoms with Crippen molar-refractivity contribution >= 4 is 40.1 Å². The number of carbonyl (C=O) groups excluding carboxylic acids is 1. The Morgan fingerprint density at radius 1 is 1.22 bits per heavy atom. The van der Waals surface area contributed by atoms with Crippen molar-refractivity contribution in [2.45, 2.75) is 30.6 Å². The standard InChI is InChI=1S/C10H14N4O11P2/c15-6-4(1-23-27(21,22)25-26(18,19)20)24-10(7(6)16)14-3-13-5-8(14)11-2-12-9(5)17/h2-7,10,15-16H,1H2,(H,21,22)(H2,18,19,20)/t4?,5?,6?,7?,10-/m1/s1. The van der Waals surface area contributed by atoms with E-state index in [0.717, 1.165) is 12.7 Å². The van der Waals surface area contributed by atoms with Crippen molar-refractivity contribution in [1.29, 1.82) is 0 Å². The van der Waals surface area contributed by atoms with Crippen LogP contribution in [-0.4, -0.2) is 91.4 Å². The van der Waals surface area contributed by atoms with Crippen LogP contribution in [0.2, 0.25) is 0 Å². The lowest BCUT2D eigenvalue weighted by Crippen LogP contribution is -2.48. The maximum atomic E-state index is 11.6. The Morgan fingerprint density at radius 2 is 1.93 bits per heavy atom. The van der Waals surface area contributed by atoms with Gasteiger partial charge in [-0.2, -0.15) is 9.30 Å². The highest BCUT2D eigenvalue weighted by Crippen LogP contribution is 2.57. The van der Waals surface area contributed by atoms with Gasteiger partial charge in [-0.15, -0.1) is 0 Å². The van der Waals surface area contributed by atoms with Gasteiger partial charge in [-0.05, 0) is 0 Å². The molecule has 6 atom stereocenters. The fourth-order valence-corrected chi connectivity index (χ4v) is 4.15. The Labute approximate surface area is 150 Å². The second kappa shape index (κ2) is 7.22. The van der Waals surface area contributed by atoms with E-state index in [0.29, 0.717) is 0 Å². The van der Waals surface area contributed by atoms with Crippen LogP contribution in [0.25, 0.3) is 0 Å². The Kier molecular flexibility index (Phi) is 5.44. The number of phosphoric acid groups is 2. The first-order valence-corrected chi connectivity index (χ1v) is 10.2. The van der Waals surface area contributed by atoms with Crippen LogP contribution in [0.15, 0.2) is 15.0 Å². The topological polar surface area (TPSA) is 220 Å². The number of aliphatic imine (C=N–C) groups is 3. The normalized spacial score (nSPS) is 35.3. The van der Waals surface area contributed by atoms with Crippen molar-refractivity contribution in [2.75, 3.05) is 6.61 Å². The quantitative estimate of drug-likeness (QED) is 0.274. The molecule has 1 saturated heterocycles. The zero-order valence-corrected chi connectivity index (χ0v) is 14.9. The molecule has 0 aromatic rings. The number of nitrogens with zero attached hydrogens (tertiary/aromatic N) is 4. The number of aliphatic hydroxyl groups excluding tert-OH is 2. The van der Waals surface area contributed by atoms with Crippen molar-refractivity contribution < 1.29 is 52.4 Å². The zero-order valence-electron chi connectivity index (χ0n) is 13.1. The summed E-state index contributed by atoms with van der Waals surface area (Å²) in [5.74, 6) is -0.479. The SMILES string of the molecule is O=C1N=CN=C2C1N=CN2[C@@H]1OC(COP(=O)(O)OP(=O)(O)O)C(O)C1O. The Morgan fingerprint density at radius 3 is 2.59 bits per heavy atom. The van der Waals surface area contributed by atoms with Gasteiger partial charge in [-0.25, -0.2) is 14.1 Å². The lowest BCUT2D eigenvalue weighted by molar-refractivity contribution is -0.117. The highest BCUT2D eigenvalue weighted by Gasteiger charge is 2.50. The first-order valence-electron chi connectivity index (χ1n) is 7.20. The van der Waals surface area contributed by atoms with Crippen LogP contribution in [0.4, 0.5) is 0 Å². The number of amides is 1. The van der Waals surface area contributed by atoms with Gasteiger partial charge >= 0.3 is 15.6 Å². The molecule has 5 unspecified atom stereocenters. The minimum atomic E-state index is -5.30. The molecule has 3 aliphatic rings. The molecule has 1 amide bonds. The molecule has 0 radical (unpaired) electrons. The van der Waals surface area contributed by atoms with E-state index in [1.807, 2.05) is 0 Å². The van der Waals surface area contributed by atoms with Crippen LogP contribution < -0.4 is 0 Å². The van der Waals surface area contributed by atoms with Gasteiger partial charge in [-0.1, -0.05) is 0 Å². The monoisotopic (exact) mass is 428 g/mol. The second-order valence-electron chi connectivity index (χ2n) is 5.53. The maximum absolute atomic E-state index is 11.6. The summed E-state index contributed by atoms with van der Waals surface area (Å²) in [5, 5.41) is 20.2. The Hall–Kier alpha value is -1.38. The molecule has 150 valence electrons. The summed E-state index contributed by atoms with van der Waals surface area (Å²) in [6.07, 6.45) is -3.64. The van der Waals surface area contributed by atoms with Crippen LogP contribution in [0, 0.1) is 0 Å². The van der Waals surface area contributed by atoms with Gasteiger partial charge in [0.15, 0.2) is 12.3 Å². The number of amidine groups is 1. The molecule has 3 aliphatic heterocycles. The van der Waals surface area contributed by atoms with E-state index in [2.05, 4.69) is 23.8 Å². The van der Waals surface area contributed by atoms with E-state index in [1.54, 1.807) is 0 Å². The van der Waals surface area contributed by atoms with Gasteiger partial charge in [0, 0.05) is 0 Å². The highest BCUT2D eigenvalue weighted by atomic mass is 31.3. The highest BCUT2D eigenvalue weighted by molar-refractivity contribution is 7.60. The van der Waals surface area contributed by atoms with Gasteiger partial charge in [0.05, 0.1) is 12.9 Å². The average Bonchev–Trinajstić information content (AvgIpc) is 3.07. The molecule has 0 bridgehead atoms. The van der Waals surface area contributed by atoms with E-state index in [9.17, 15) is 29.0 Å².